The lowest BCUT2D eigenvalue weighted by molar-refractivity contribution is 0.106. The van der Waals surface area contributed by atoms with Gasteiger partial charge in [0, 0.05) is 17.1 Å². The van der Waals surface area contributed by atoms with Gasteiger partial charge in [0.15, 0.2) is 0 Å². The second-order valence-corrected chi connectivity index (χ2v) is 5.46. The summed E-state index contributed by atoms with van der Waals surface area (Å²) in [6.07, 6.45) is 0. The van der Waals surface area contributed by atoms with E-state index in [0.717, 1.165) is 5.56 Å². The zero-order chi connectivity index (χ0) is 15.5. The van der Waals surface area contributed by atoms with Crippen molar-refractivity contribution in [2.24, 2.45) is 5.10 Å². The number of halogens is 1. The van der Waals surface area contributed by atoms with Gasteiger partial charge >= 0.3 is 0 Å². The number of carbonyl (C=O) groups excluding carboxylic acids is 1. The summed E-state index contributed by atoms with van der Waals surface area (Å²) in [7, 11) is 1.58. The maximum atomic E-state index is 12.7. The molecular formula is C17H15ClN2O2. The Bertz CT molecular complexity index is 726. The molecule has 1 atom stereocenters. The van der Waals surface area contributed by atoms with Crippen LogP contribution in [0.3, 0.4) is 0 Å². The third-order valence-corrected chi connectivity index (χ3v) is 3.91. The highest BCUT2D eigenvalue weighted by molar-refractivity contribution is 6.48. The molecule has 1 aliphatic heterocycles. The normalized spacial score (nSPS) is 16.8. The predicted octanol–water partition coefficient (Wildman–Crippen LogP) is 3.27. The van der Waals surface area contributed by atoms with Crippen LogP contribution in [0, 0.1) is 0 Å². The number of methoxy groups -OCH3 is 1. The van der Waals surface area contributed by atoms with E-state index in [4.69, 9.17) is 16.3 Å². The van der Waals surface area contributed by atoms with E-state index in [1.165, 1.54) is 0 Å². The minimum atomic E-state index is -0.0937. The van der Waals surface area contributed by atoms with Gasteiger partial charge in [-0.1, -0.05) is 35.9 Å². The van der Waals surface area contributed by atoms with Gasteiger partial charge in [-0.25, -0.2) is 0 Å². The zero-order valence-electron chi connectivity index (χ0n) is 12.0. The van der Waals surface area contributed by atoms with Crippen LogP contribution in [0.2, 0.25) is 5.02 Å². The Hall–Kier alpha value is -2.33. The molecule has 0 radical (unpaired) electrons. The molecule has 2 aromatic carbocycles. The third-order valence-electron chi connectivity index (χ3n) is 3.66. The molecule has 5 heteroatoms. The fraction of sp³-hybridized carbons (Fsp3) is 0.176. The summed E-state index contributed by atoms with van der Waals surface area (Å²) in [5.41, 5.74) is 5.02. The number of nitrogens with zero attached hydrogens (tertiary/aromatic N) is 1. The molecule has 1 heterocycles. The van der Waals surface area contributed by atoms with Gasteiger partial charge in [-0.15, -0.1) is 0 Å². The number of carbonyl (C=O) groups is 1. The predicted molar refractivity (Wildman–Crippen MR) is 87.0 cm³/mol. The van der Waals surface area contributed by atoms with E-state index in [2.05, 4.69) is 10.5 Å². The molecule has 0 fully saturated rings. The average Bonchev–Trinajstić information content (AvgIpc) is 3.04. The second-order valence-electron chi connectivity index (χ2n) is 5.02. The van der Waals surface area contributed by atoms with E-state index in [9.17, 15) is 4.79 Å². The molecule has 0 saturated heterocycles. The largest absolute Gasteiger partial charge is 0.497 e. The van der Waals surface area contributed by atoms with Crippen LogP contribution < -0.4 is 10.2 Å². The van der Waals surface area contributed by atoms with E-state index in [1.54, 1.807) is 25.3 Å². The molecule has 0 saturated carbocycles. The Kier molecular flexibility index (Phi) is 4.11. The molecular weight excluding hydrogens is 300 g/mol. The first-order valence-corrected chi connectivity index (χ1v) is 7.31. The maximum Gasteiger partial charge on any atom is 0.209 e. The summed E-state index contributed by atoms with van der Waals surface area (Å²) in [6.45, 7) is 0.604. The molecule has 2 aromatic rings. The smallest absolute Gasteiger partial charge is 0.209 e. The first-order chi connectivity index (χ1) is 10.7. The Morgan fingerprint density at radius 3 is 2.77 bits per heavy atom. The topological polar surface area (TPSA) is 50.7 Å². The maximum absolute atomic E-state index is 12.7. The number of rotatable bonds is 4. The Morgan fingerprint density at radius 2 is 2.05 bits per heavy atom. The molecule has 0 spiro atoms. The van der Waals surface area contributed by atoms with Crippen molar-refractivity contribution in [2.75, 3.05) is 13.7 Å². The summed E-state index contributed by atoms with van der Waals surface area (Å²) < 4.78 is 5.17. The number of hydrogen-bond donors (Lipinski definition) is 1. The van der Waals surface area contributed by atoms with Gasteiger partial charge in [0.25, 0.3) is 0 Å². The summed E-state index contributed by atoms with van der Waals surface area (Å²) >= 11 is 5.92. The van der Waals surface area contributed by atoms with Crippen LogP contribution in [0.4, 0.5) is 0 Å². The molecule has 112 valence electrons. The summed E-state index contributed by atoms with van der Waals surface area (Å²) in [4.78, 5) is 12.7. The molecule has 4 nitrogen and oxygen atoms in total. The van der Waals surface area contributed by atoms with Crippen LogP contribution in [-0.4, -0.2) is 25.1 Å². The van der Waals surface area contributed by atoms with Crippen LogP contribution in [-0.2, 0) is 0 Å². The molecule has 3 rings (SSSR count). The molecule has 1 aliphatic rings. The number of ketones is 1. The van der Waals surface area contributed by atoms with Crippen molar-refractivity contribution in [2.45, 2.75) is 5.92 Å². The van der Waals surface area contributed by atoms with E-state index in [-0.39, 0.29) is 11.7 Å². The van der Waals surface area contributed by atoms with Crippen molar-refractivity contribution in [3.63, 3.8) is 0 Å². The summed E-state index contributed by atoms with van der Waals surface area (Å²) in [6, 6.07) is 14.6. The third kappa shape index (κ3) is 2.83. The van der Waals surface area contributed by atoms with Crippen LogP contribution in [0.15, 0.2) is 53.6 Å². The van der Waals surface area contributed by atoms with E-state index in [1.807, 2.05) is 30.3 Å². The first-order valence-electron chi connectivity index (χ1n) is 6.93. The number of Topliss-reactive ketones (excluding diaryl/α,β-unsaturated/α-hetero) is 1. The molecule has 1 unspecified atom stereocenters. The van der Waals surface area contributed by atoms with Gasteiger partial charge in [-0.3, -0.25) is 4.79 Å². The van der Waals surface area contributed by atoms with Gasteiger partial charge in [0.2, 0.25) is 5.78 Å². The zero-order valence-corrected chi connectivity index (χ0v) is 12.8. The number of nitrogens with one attached hydrogen (secondary N) is 1. The van der Waals surface area contributed by atoms with Crippen LogP contribution in [0.5, 0.6) is 5.75 Å². The number of hydrogen-bond acceptors (Lipinski definition) is 4. The standard InChI is InChI=1S/C17H15ClN2O2/c1-22-14-4-2-3-12(9-14)17(21)16-15(10-19-20-16)11-5-7-13(18)8-6-11/h2-9,15,19H,10H2,1H3. The van der Waals surface area contributed by atoms with Crippen molar-refractivity contribution < 1.29 is 9.53 Å². The van der Waals surface area contributed by atoms with Crippen LogP contribution in [0.25, 0.3) is 0 Å². The van der Waals surface area contributed by atoms with Crippen molar-refractivity contribution >= 4 is 23.1 Å². The summed E-state index contributed by atoms with van der Waals surface area (Å²) in [5.74, 6) is 0.486. The van der Waals surface area contributed by atoms with Gasteiger partial charge in [-0.05, 0) is 29.8 Å². The molecule has 22 heavy (non-hydrogen) atoms. The van der Waals surface area contributed by atoms with Gasteiger partial charge in [0.1, 0.15) is 11.5 Å². The average molecular weight is 315 g/mol. The van der Waals surface area contributed by atoms with Crippen LogP contribution >= 0.6 is 11.6 Å². The SMILES string of the molecule is COc1cccc(C(=O)C2=NNCC2c2ccc(Cl)cc2)c1. The number of benzene rings is 2. The number of ether oxygens (including phenoxy) is 1. The molecule has 1 N–H and O–H groups in total. The monoisotopic (exact) mass is 314 g/mol. The van der Waals surface area contributed by atoms with E-state index in [0.29, 0.717) is 28.6 Å². The Morgan fingerprint density at radius 1 is 1.27 bits per heavy atom. The van der Waals surface area contributed by atoms with Crippen molar-refractivity contribution in [1.29, 1.82) is 0 Å². The second kappa shape index (κ2) is 6.20. The number of hydrazone groups is 1. The quantitative estimate of drug-likeness (QED) is 0.881. The van der Waals surface area contributed by atoms with Crippen molar-refractivity contribution in [1.82, 2.24) is 5.43 Å². The van der Waals surface area contributed by atoms with Gasteiger partial charge < -0.3 is 10.2 Å². The Balaban J connectivity index is 1.89. The highest BCUT2D eigenvalue weighted by Gasteiger charge is 2.29. The Labute approximate surface area is 133 Å². The lowest BCUT2D eigenvalue weighted by Crippen LogP contribution is -2.21. The highest BCUT2D eigenvalue weighted by atomic mass is 35.5. The van der Waals surface area contributed by atoms with Crippen LogP contribution in [0.1, 0.15) is 21.8 Å². The highest BCUT2D eigenvalue weighted by Crippen LogP contribution is 2.25. The fourth-order valence-electron chi connectivity index (χ4n) is 2.49. The lowest BCUT2D eigenvalue weighted by atomic mass is 9.90. The molecule has 0 amide bonds. The summed E-state index contributed by atoms with van der Waals surface area (Å²) in [5, 5.41) is 4.86. The first kappa shape index (κ1) is 14.6. The van der Waals surface area contributed by atoms with Gasteiger partial charge in [0.05, 0.1) is 13.0 Å². The fourth-order valence-corrected chi connectivity index (χ4v) is 2.61. The van der Waals surface area contributed by atoms with Crippen molar-refractivity contribution in [3.05, 3.63) is 64.7 Å². The van der Waals surface area contributed by atoms with Gasteiger partial charge in [-0.2, -0.15) is 5.10 Å². The van der Waals surface area contributed by atoms with E-state index < -0.39 is 0 Å². The molecule has 0 aromatic heterocycles. The van der Waals surface area contributed by atoms with E-state index >= 15 is 0 Å². The minimum absolute atomic E-state index is 0.0732. The molecule has 0 aliphatic carbocycles. The lowest BCUT2D eigenvalue weighted by Gasteiger charge is -2.12. The molecule has 0 bridgehead atoms. The van der Waals surface area contributed by atoms with Crippen molar-refractivity contribution in [3.8, 4) is 5.75 Å². The minimum Gasteiger partial charge on any atom is -0.497 e.